The molecule has 137 valence electrons. The summed E-state index contributed by atoms with van der Waals surface area (Å²) < 4.78 is 3.72. The molecule has 0 saturated carbocycles. The van der Waals surface area contributed by atoms with Crippen molar-refractivity contribution in [1.82, 2.24) is 0 Å². The molecule has 0 aliphatic heterocycles. The quantitative estimate of drug-likeness (QED) is 0.477. The van der Waals surface area contributed by atoms with Crippen LogP contribution < -0.4 is 0 Å². The first-order valence-electron chi connectivity index (χ1n) is 8.50. The van der Waals surface area contributed by atoms with Crippen molar-refractivity contribution in [2.24, 2.45) is 10.8 Å². The van der Waals surface area contributed by atoms with Crippen molar-refractivity contribution < 1.29 is 17.1 Å². The molecule has 0 aromatic carbocycles. The van der Waals surface area contributed by atoms with Gasteiger partial charge < -0.3 is 0 Å². The molecule has 2 aliphatic rings. The van der Waals surface area contributed by atoms with Gasteiger partial charge in [-0.2, -0.15) is 0 Å². The fourth-order valence-electron chi connectivity index (χ4n) is 4.81. The van der Waals surface area contributed by atoms with E-state index in [1.807, 2.05) is 7.76 Å². The van der Waals surface area contributed by atoms with Crippen LogP contribution in [0.3, 0.4) is 0 Å². The van der Waals surface area contributed by atoms with E-state index in [9.17, 15) is 0 Å². The molecule has 0 heterocycles. The minimum absolute atomic E-state index is 0. The van der Waals surface area contributed by atoms with E-state index in [-0.39, 0.29) is 24.8 Å². The zero-order valence-corrected chi connectivity index (χ0v) is 22.5. The largest absolute Gasteiger partial charge is 0.147 e. The Labute approximate surface area is 170 Å². The predicted octanol–water partition coefficient (Wildman–Crippen LogP) is 6.03. The van der Waals surface area contributed by atoms with Crippen molar-refractivity contribution in [1.29, 1.82) is 0 Å². The average Bonchev–Trinajstić information content (AvgIpc) is 2.66. The van der Waals surface area contributed by atoms with Crippen LogP contribution in [0.2, 0.25) is 0 Å². The molecule has 4 heteroatoms. The fraction of sp³-hybridized carbons (Fsp3) is 0.600. The van der Waals surface area contributed by atoms with Gasteiger partial charge in [0.1, 0.15) is 0 Å². The van der Waals surface area contributed by atoms with Gasteiger partial charge in [-0.15, -0.1) is 24.8 Å². The van der Waals surface area contributed by atoms with E-state index in [1.54, 1.807) is 33.4 Å². The number of allylic oxidation sites excluding steroid dienone is 8. The third-order valence-corrected chi connectivity index (χ3v) is 16.5. The number of hydrogen-bond donors (Lipinski definition) is 0. The monoisotopic (exact) mass is 421 g/mol. The summed E-state index contributed by atoms with van der Waals surface area (Å²) in [7, 11) is 1.36. The Balaban J connectivity index is 0.00000264. The standard InChI is InChI=1S/2C10H15.2ClH.H3Si.Ti/c2*1-7-6-10(4,5)9(3)8(7)2;;;;/h2*1-5H3;2*1H;1H3;. The van der Waals surface area contributed by atoms with Crippen molar-refractivity contribution in [2.75, 3.05) is 0 Å². The molecular formula is C20H35Cl2SiTi. The van der Waals surface area contributed by atoms with Crippen LogP contribution in [-0.4, -0.2) is 8.11 Å². The number of hydrogen-bond acceptors (Lipinski definition) is 0. The van der Waals surface area contributed by atoms with E-state index in [1.165, 1.54) is 8.11 Å². The molecule has 2 aliphatic carbocycles. The molecule has 0 atom stereocenters. The summed E-state index contributed by atoms with van der Waals surface area (Å²) in [6.45, 7) is 24.0. The Morgan fingerprint density at radius 2 is 0.833 bits per heavy atom. The van der Waals surface area contributed by atoms with Crippen molar-refractivity contribution in [3.05, 3.63) is 41.2 Å². The smallest absolute Gasteiger partial charge is 0.147 e. The first kappa shape index (κ1) is 24.5. The van der Waals surface area contributed by atoms with Crippen LogP contribution in [0.4, 0.5) is 0 Å². The average molecular weight is 422 g/mol. The van der Waals surface area contributed by atoms with Crippen molar-refractivity contribution in [2.45, 2.75) is 69.2 Å². The normalized spacial score (nSPS) is 22.2. The van der Waals surface area contributed by atoms with Gasteiger partial charge in [0.15, 0.2) is 0 Å². The van der Waals surface area contributed by atoms with Crippen LogP contribution in [0.1, 0.15) is 69.2 Å². The van der Waals surface area contributed by atoms with Crippen LogP contribution in [0.25, 0.3) is 0 Å². The van der Waals surface area contributed by atoms with Gasteiger partial charge in [0.05, 0.1) is 0 Å². The molecule has 0 saturated heterocycles. The second-order valence-electron chi connectivity index (χ2n) is 8.38. The predicted molar refractivity (Wildman–Crippen MR) is 114 cm³/mol. The number of halogens is 2. The maximum Gasteiger partial charge on any atom is -0.147 e. The Bertz CT molecular complexity index is 618. The zero-order chi connectivity index (χ0) is 17.2. The van der Waals surface area contributed by atoms with Gasteiger partial charge in [-0.05, 0) is 0 Å². The van der Waals surface area contributed by atoms with E-state index < -0.39 is 17.1 Å². The molecule has 0 amide bonds. The van der Waals surface area contributed by atoms with Gasteiger partial charge in [-0.3, -0.25) is 0 Å². The Morgan fingerprint density at radius 3 is 1.00 bits per heavy atom. The van der Waals surface area contributed by atoms with Gasteiger partial charge in [0.2, 0.25) is 0 Å². The molecule has 0 bridgehead atoms. The summed E-state index contributed by atoms with van der Waals surface area (Å²) in [6.07, 6.45) is 0. The summed E-state index contributed by atoms with van der Waals surface area (Å²) in [5.41, 5.74) is 10.2. The van der Waals surface area contributed by atoms with Gasteiger partial charge in [0, 0.05) is 0 Å². The Kier molecular flexibility index (Phi) is 7.76. The van der Waals surface area contributed by atoms with Crippen LogP contribution in [0, 0.1) is 10.8 Å². The van der Waals surface area contributed by atoms with Gasteiger partial charge >= 0.3 is 146 Å². The van der Waals surface area contributed by atoms with Crippen LogP contribution in [0.15, 0.2) is 41.2 Å². The number of rotatable bonds is 2. The van der Waals surface area contributed by atoms with Crippen molar-refractivity contribution in [3.8, 4) is 0 Å². The summed E-state index contributed by atoms with van der Waals surface area (Å²) in [6, 6.07) is 0. The van der Waals surface area contributed by atoms with Crippen LogP contribution >= 0.6 is 24.8 Å². The van der Waals surface area contributed by atoms with Gasteiger partial charge in [-0.25, -0.2) is 0 Å². The molecule has 0 aromatic rings. The zero-order valence-electron chi connectivity index (χ0n) is 17.3. The molecule has 0 spiro atoms. The van der Waals surface area contributed by atoms with E-state index in [0.717, 1.165) is 0 Å². The molecular weight excluding hydrogens is 387 g/mol. The maximum atomic E-state index is 2.47. The van der Waals surface area contributed by atoms with Crippen molar-refractivity contribution in [3.63, 3.8) is 0 Å². The maximum absolute atomic E-state index is 2.47. The van der Waals surface area contributed by atoms with Crippen LogP contribution in [-0.2, 0) is 17.1 Å². The summed E-state index contributed by atoms with van der Waals surface area (Å²) in [4.78, 5) is 0. The van der Waals surface area contributed by atoms with Gasteiger partial charge in [-0.1, -0.05) is 0 Å². The molecule has 0 fully saturated rings. The Morgan fingerprint density at radius 1 is 0.583 bits per heavy atom. The molecule has 0 N–H and O–H groups in total. The Hall–Kier alpha value is 0.471. The molecule has 0 radical (unpaired) electrons. The first-order chi connectivity index (χ1) is 9.86. The minimum Gasteiger partial charge on any atom is -0.147 e. The summed E-state index contributed by atoms with van der Waals surface area (Å²) >= 11 is -1.34. The van der Waals surface area contributed by atoms with E-state index in [0.29, 0.717) is 10.8 Å². The molecule has 2 rings (SSSR count). The molecule has 24 heavy (non-hydrogen) atoms. The minimum atomic E-state index is -1.34. The SMILES string of the molecule is CC1=C(C)C(C)(C)[C]([Ti]([SiH3])[C]2=C(C)C(C)=C(C)C2(C)C)=C1C.Cl.Cl. The molecule has 0 aromatic heterocycles. The second-order valence-corrected chi connectivity index (χ2v) is 16.0. The molecule has 0 unspecified atom stereocenters. The summed E-state index contributed by atoms with van der Waals surface area (Å²) in [5, 5.41) is 0. The van der Waals surface area contributed by atoms with E-state index in [4.69, 9.17) is 0 Å². The second kappa shape index (κ2) is 7.61. The third-order valence-electron chi connectivity index (χ3n) is 6.88. The van der Waals surface area contributed by atoms with E-state index in [2.05, 4.69) is 69.2 Å². The topological polar surface area (TPSA) is 0 Å². The summed E-state index contributed by atoms with van der Waals surface area (Å²) in [5.74, 6) is 0. The molecule has 0 nitrogen and oxygen atoms in total. The van der Waals surface area contributed by atoms with E-state index >= 15 is 0 Å². The van der Waals surface area contributed by atoms with Crippen LogP contribution in [0.5, 0.6) is 0 Å². The van der Waals surface area contributed by atoms with Crippen molar-refractivity contribution >= 4 is 32.9 Å². The third kappa shape index (κ3) is 3.25. The fourth-order valence-corrected chi connectivity index (χ4v) is 19.3. The first-order valence-corrected chi connectivity index (χ1v) is 15.7. The van der Waals surface area contributed by atoms with Gasteiger partial charge in [0.25, 0.3) is 0 Å².